The van der Waals surface area contributed by atoms with Crippen molar-refractivity contribution < 1.29 is 0 Å². The molecule has 7 nitrogen and oxygen atoms in total. The molecule has 1 fully saturated rings. The van der Waals surface area contributed by atoms with Crippen LogP contribution in [-0.4, -0.2) is 37.0 Å². The number of anilines is 2. The Labute approximate surface area is 147 Å². The minimum absolute atomic E-state index is 0.181. The summed E-state index contributed by atoms with van der Waals surface area (Å²) in [5.41, 5.74) is 6.86. The molecule has 1 aromatic rings. The van der Waals surface area contributed by atoms with Crippen LogP contribution in [0.3, 0.4) is 0 Å². The molecule has 1 atom stereocenters. The lowest BCUT2D eigenvalue weighted by Crippen LogP contribution is -2.46. The first-order valence-corrected chi connectivity index (χ1v) is 9.06. The molecule has 25 heavy (non-hydrogen) atoms. The Kier molecular flexibility index (Phi) is 4.47. The van der Waals surface area contributed by atoms with Crippen molar-refractivity contribution in [3.63, 3.8) is 0 Å². The number of hydrogen-bond donors (Lipinski definition) is 2. The van der Waals surface area contributed by atoms with E-state index in [0.717, 1.165) is 62.6 Å². The minimum Gasteiger partial charge on any atom is -0.739 e. The molecular formula is C18H23N6O-. The molecule has 0 saturated carbocycles. The number of nitrogens with one attached hydrogen (secondary N) is 2. The van der Waals surface area contributed by atoms with E-state index < -0.39 is 0 Å². The van der Waals surface area contributed by atoms with Crippen LogP contribution in [0.1, 0.15) is 30.4 Å². The fourth-order valence-electron chi connectivity index (χ4n) is 3.89. The number of guanidine groups is 1. The zero-order valence-electron chi connectivity index (χ0n) is 14.3. The van der Waals surface area contributed by atoms with Gasteiger partial charge in [-0.3, -0.25) is 10.4 Å². The molecule has 2 heterocycles. The first kappa shape index (κ1) is 16.2. The van der Waals surface area contributed by atoms with Crippen LogP contribution in [0.15, 0.2) is 17.1 Å². The summed E-state index contributed by atoms with van der Waals surface area (Å²) < 4.78 is 0. The molecule has 0 radical (unpaired) electrons. The van der Waals surface area contributed by atoms with Crippen molar-refractivity contribution in [1.82, 2.24) is 10.3 Å². The average molecular weight is 339 g/mol. The van der Waals surface area contributed by atoms with Crippen LogP contribution in [0.5, 0.6) is 0 Å². The summed E-state index contributed by atoms with van der Waals surface area (Å²) in [6, 6.07) is 6.41. The van der Waals surface area contributed by atoms with Gasteiger partial charge in [-0.1, -0.05) is 0 Å². The van der Waals surface area contributed by atoms with E-state index in [4.69, 9.17) is 5.26 Å². The molecule has 0 bridgehead atoms. The van der Waals surface area contributed by atoms with Gasteiger partial charge in [0, 0.05) is 13.1 Å². The molecule has 0 amide bonds. The quantitative estimate of drug-likeness (QED) is 0.816. The first-order chi connectivity index (χ1) is 12.2. The van der Waals surface area contributed by atoms with Gasteiger partial charge in [-0.25, -0.2) is 0 Å². The number of rotatable bonds is 4. The first-order valence-electron chi connectivity index (χ1n) is 9.06. The summed E-state index contributed by atoms with van der Waals surface area (Å²) in [4.78, 5) is 6.80. The summed E-state index contributed by atoms with van der Waals surface area (Å²) in [5, 5.41) is 25.2. The summed E-state index contributed by atoms with van der Waals surface area (Å²) in [6.07, 6.45) is 5.19. The van der Waals surface area contributed by atoms with E-state index in [9.17, 15) is 5.21 Å². The number of fused-ring (bicyclic) bond motifs is 2. The van der Waals surface area contributed by atoms with Gasteiger partial charge in [0.15, 0.2) is 0 Å². The smallest absolute Gasteiger partial charge is 0.214 e. The zero-order chi connectivity index (χ0) is 17.2. The van der Waals surface area contributed by atoms with Crippen LogP contribution in [0.25, 0.3) is 0 Å². The van der Waals surface area contributed by atoms with Gasteiger partial charge >= 0.3 is 0 Å². The number of hydrogen-bond acceptors (Lipinski definition) is 5. The van der Waals surface area contributed by atoms with Crippen molar-refractivity contribution in [1.29, 1.82) is 5.26 Å². The number of nitriles is 1. The molecule has 3 aliphatic rings. The van der Waals surface area contributed by atoms with Crippen LogP contribution in [-0.2, 0) is 12.8 Å². The Morgan fingerprint density at radius 2 is 2.16 bits per heavy atom. The highest BCUT2D eigenvalue weighted by Gasteiger charge is 2.22. The molecule has 2 N–H and O–H groups in total. The van der Waals surface area contributed by atoms with Crippen LogP contribution >= 0.6 is 0 Å². The second-order valence-electron chi connectivity index (χ2n) is 7.02. The second kappa shape index (κ2) is 6.90. The second-order valence-corrected chi connectivity index (χ2v) is 7.02. The van der Waals surface area contributed by atoms with E-state index in [1.165, 1.54) is 11.1 Å². The molecule has 0 aromatic heterocycles. The third kappa shape index (κ3) is 3.41. The monoisotopic (exact) mass is 339 g/mol. The van der Waals surface area contributed by atoms with E-state index in [1.807, 2.05) is 6.07 Å². The molecule has 1 saturated heterocycles. The Morgan fingerprint density at radius 1 is 1.32 bits per heavy atom. The summed E-state index contributed by atoms with van der Waals surface area (Å²) >= 11 is 0. The number of likely N-dealkylation sites (tertiary alicyclic amines) is 1. The van der Waals surface area contributed by atoms with Crippen molar-refractivity contribution in [3.05, 3.63) is 28.5 Å². The van der Waals surface area contributed by atoms with Gasteiger partial charge in [0.25, 0.3) is 0 Å². The van der Waals surface area contributed by atoms with Crippen molar-refractivity contribution in [3.8, 4) is 6.07 Å². The third-order valence-corrected chi connectivity index (χ3v) is 5.25. The van der Waals surface area contributed by atoms with Gasteiger partial charge in [0.1, 0.15) is 0 Å². The predicted molar refractivity (Wildman–Crippen MR) is 98.2 cm³/mol. The van der Waals surface area contributed by atoms with E-state index in [2.05, 4.69) is 32.8 Å². The highest BCUT2D eigenvalue weighted by atomic mass is 16.5. The highest BCUT2D eigenvalue weighted by molar-refractivity contribution is 6.01. The van der Waals surface area contributed by atoms with Crippen molar-refractivity contribution in [2.24, 2.45) is 10.9 Å². The number of benzene rings is 1. The van der Waals surface area contributed by atoms with Crippen molar-refractivity contribution >= 4 is 17.3 Å². The van der Waals surface area contributed by atoms with Gasteiger partial charge < -0.3 is 20.6 Å². The Morgan fingerprint density at radius 3 is 2.96 bits per heavy atom. The molecule has 4 rings (SSSR count). The Hall–Kier alpha value is -2.30. The lowest BCUT2D eigenvalue weighted by Gasteiger charge is -2.38. The summed E-state index contributed by atoms with van der Waals surface area (Å²) in [7, 11) is 0. The van der Waals surface area contributed by atoms with Gasteiger partial charge in [-0.2, -0.15) is 5.26 Å². The van der Waals surface area contributed by atoms with Crippen LogP contribution < -0.4 is 15.9 Å². The number of aliphatic imine (C=N–C) groups is 1. The Balaban J connectivity index is 1.33. The van der Waals surface area contributed by atoms with Gasteiger partial charge in [0.05, 0.1) is 23.4 Å². The SMILES string of the molecule is N#CC1CCN(CCCN=C2Nc3cc4c(cc3N([O-])N2)CCC4)C1. The van der Waals surface area contributed by atoms with E-state index >= 15 is 0 Å². The maximum absolute atomic E-state index is 12.3. The zero-order valence-corrected chi connectivity index (χ0v) is 14.3. The number of hydrazine groups is 1. The molecule has 1 aromatic carbocycles. The van der Waals surface area contributed by atoms with Crippen LogP contribution in [0.2, 0.25) is 0 Å². The van der Waals surface area contributed by atoms with Gasteiger partial charge in [-0.05, 0) is 68.5 Å². The van der Waals surface area contributed by atoms with E-state index in [1.54, 1.807) is 0 Å². The van der Waals surface area contributed by atoms with E-state index in [-0.39, 0.29) is 5.92 Å². The minimum atomic E-state index is 0.181. The highest BCUT2D eigenvalue weighted by Crippen LogP contribution is 2.34. The van der Waals surface area contributed by atoms with E-state index in [0.29, 0.717) is 18.2 Å². The molecular weight excluding hydrogens is 316 g/mol. The van der Waals surface area contributed by atoms with Gasteiger partial charge in [-0.15, -0.1) is 0 Å². The maximum Gasteiger partial charge on any atom is 0.214 e. The van der Waals surface area contributed by atoms with Crippen molar-refractivity contribution in [2.45, 2.75) is 32.1 Å². The average Bonchev–Trinajstić information content (AvgIpc) is 3.26. The summed E-state index contributed by atoms with van der Waals surface area (Å²) in [5.74, 6) is 0.692. The maximum atomic E-state index is 12.3. The largest absolute Gasteiger partial charge is 0.739 e. The van der Waals surface area contributed by atoms with Gasteiger partial charge in [0.2, 0.25) is 5.96 Å². The van der Waals surface area contributed by atoms with Crippen LogP contribution in [0, 0.1) is 22.5 Å². The third-order valence-electron chi connectivity index (χ3n) is 5.25. The molecule has 7 heteroatoms. The topological polar surface area (TPSA) is 89.8 Å². The molecule has 132 valence electrons. The summed E-state index contributed by atoms with van der Waals surface area (Å²) in [6.45, 7) is 3.46. The molecule has 0 spiro atoms. The normalized spacial score (nSPS) is 23.8. The molecule has 1 aliphatic carbocycles. The number of aryl methyl sites for hydroxylation is 2. The van der Waals surface area contributed by atoms with Crippen molar-refractivity contribution in [2.75, 3.05) is 36.7 Å². The fourth-order valence-corrected chi connectivity index (χ4v) is 3.89. The molecule has 2 aliphatic heterocycles. The standard InChI is InChI=1S/C18H23N6O/c19-11-13-5-8-23(12-13)7-2-6-20-18-21-16-9-14-3-1-4-15(14)10-17(16)24(25)22-18/h9-10,13H,1-8,12H2,(H2,20,21,22)/q-1. The van der Waals surface area contributed by atoms with Crippen LogP contribution in [0.4, 0.5) is 11.4 Å². The lowest BCUT2D eigenvalue weighted by molar-refractivity contribution is 0.330. The molecule has 1 unspecified atom stereocenters. The predicted octanol–water partition coefficient (Wildman–Crippen LogP) is 2.00. The lowest BCUT2D eigenvalue weighted by atomic mass is 10.1. The Bertz CT molecular complexity index is 725. The fraction of sp³-hybridized carbons (Fsp3) is 0.556. The number of nitrogens with zero attached hydrogens (tertiary/aromatic N) is 4.